The van der Waals surface area contributed by atoms with Gasteiger partial charge in [0.05, 0.1) is 0 Å². The van der Waals surface area contributed by atoms with Gasteiger partial charge in [-0.15, -0.1) is 0 Å². The van der Waals surface area contributed by atoms with Crippen LogP contribution in [0, 0.1) is 0 Å². The molecule has 1 N–H and O–H groups in total. The first kappa shape index (κ1) is 15.7. The van der Waals surface area contributed by atoms with Crippen LogP contribution in [0.4, 0.5) is 14.5 Å². The summed E-state index contributed by atoms with van der Waals surface area (Å²) in [7, 11) is -5.62. The Hall–Kier alpha value is -2.71. The SMILES string of the molecule is [N-]=[N+]=NS(=O)(=O)C(F)(F)C(=O)Nc1cccc2ccccc12. The molecule has 0 saturated carbocycles. The fraction of sp³-hybridized carbons (Fsp3) is 0.0833. The molecule has 0 aliphatic carbocycles. The first-order valence-corrected chi connectivity index (χ1v) is 7.21. The van der Waals surface area contributed by atoms with Crippen LogP contribution in [-0.2, 0) is 14.8 Å². The van der Waals surface area contributed by atoms with Gasteiger partial charge in [-0.05, 0) is 17.0 Å². The zero-order chi connectivity index (χ0) is 16.4. The van der Waals surface area contributed by atoms with E-state index in [4.69, 9.17) is 5.53 Å². The lowest BCUT2D eigenvalue weighted by molar-refractivity contribution is -0.129. The van der Waals surface area contributed by atoms with Gasteiger partial charge in [-0.1, -0.05) is 36.4 Å². The number of carbonyl (C=O) groups excluding carboxylic acids is 1. The van der Waals surface area contributed by atoms with Gasteiger partial charge in [0, 0.05) is 20.5 Å². The maximum atomic E-state index is 13.6. The highest BCUT2D eigenvalue weighted by atomic mass is 32.2. The average molecular weight is 326 g/mol. The monoisotopic (exact) mass is 326 g/mol. The van der Waals surface area contributed by atoms with Crippen LogP contribution in [0.5, 0.6) is 0 Å². The van der Waals surface area contributed by atoms with E-state index in [0.29, 0.717) is 10.8 Å². The molecule has 0 aliphatic rings. The van der Waals surface area contributed by atoms with Gasteiger partial charge in [-0.3, -0.25) is 4.79 Å². The van der Waals surface area contributed by atoms with Crippen LogP contribution in [0.3, 0.4) is 0 Å². The zero-order valence-corrected chi connectivity index (χ0v) is 11.6. The fourth-order valence-electron chi connectivity index (χ4n) is 1.75. The summed E-state index contributed by atoms with van der Waals surface area (Å²) in [5.74, 6) is -2.10. The van der Waals surface area contributed by atoms with E-state index in [0.717, 1.165) is 0 Å². The molecule has 2 rings (SSSR count). The molecule has 0 spiro atoms. The van der Waals surface area contributed by atoms with Crippen molar-refractivity contribution in [2.75, 3.05) is 5.32 Å². The third-order valence-electron chi connectivity index (χ3n) is 2.77. The minimum Gasteiger partial charge on any atom is -0.319 e. The van der Waals surface area contributed by atoms with Gasteiger partial charge in [0.25, 0.3) is 0 Å². The molecule has 2 aromatic carbocycles. The van der Waals surface area contributed by atoms with E-state index in [1.165, 1.54) is 12.1 Å². The van der Waals surface area contributed by atoms with E-state index in [9.17, 15) is 22.0 Å². The molecule has 7 nitrogen and oxygen atoms in total. The Morgan fingerprint density at radius 3 is 2.50 bits per heavy atom. The van der Waals surface area contributed by atoms with Crippen LogP contribution < -0.4 is 5.32 Å². The van der Waals surface area contributed by atoms with Crippen molar-refractivity contribution in [1.29, 1.82) is 0 Å². The number of amides is 1. The van der Waals surface area contributed by atoms with Crippen LogP contribution in [0.2, 0.25) is 0 Å². The first-order valence-electron chi connectivity index (χ1n) is 5.77. The van der Waals surface area contributed by atoms with Gasteiger partial charge >= 0.3 is 21.2 Å². The Morgan fingerprint density at radius 2 is 1.82 bits per heavy atom. The van der Waals surface area contributed by atoms with Crippen LogP contribution in [0.15, 0.2) is 47.0 Å². The summed E-state index contributed by atoms with van der Waals surface area (Å²) in [5, 5.41) is -1.92. The number of alkyl halides is 2. The molecule has 0 atom stereocenters. The third-order valence-corrected chi connectivity index (χ3v) is 3.89. The molecule has 0 aliphatic heterocycles. The number of hydrogen-bond acceptors (Lipinski definition) is 3. The fourth-order valence-corrected chi connectivity index (χ4v) is 2.23. The number of sulfonamides is 1. The maximum Gasteiger partial charge on any atom is 0.429 e. The average Bonchev–Trinajstić information content (AvgIpc) is 2.47. The number of anilines is 1. The van der Waals surface area contributed by atoms with Gasteiger partial charge in [-0.2, -0.15) is 8.78 Å². The summed E-state index contributed by atoms with van der Waals surface area (Å²) in [6.45, 7) is 0. The Labute approximate surface area is 123 Å². The van der Waals surface area contributed by atoms with Gasteiger partial charge in [0.2, 0.25) is 0 Å². The lowest BCUT2D eigenvalue weighted by Crippen LogP contribution is -2.40. The molecule has 0 unspecified atom stereocenters. The number of nitrogens with one attached hydrogen (secondary N) is 1. The maximum absolute atomic E-state index is 13.6. The Bertz CT molecular complexity index is 887. The molecule has 0 aromatic heterocycles. The Morgan fingerprint density at radius 1 is 1.18 bits per heavy atom. The number of fused-ring (bicyclic) bond motifs is 1. The van der Waals surface area contributed by atoms with Crippen LogP contribution >= 0.6 is 0 Å². The summed E-state index contributed by atoms with van der Waals surface area (Å²) in [4.78, 5) is 13.4. The molecule has 22 heavy (non-hydrogen) atoms. The molecule has 0 radical (unpaired) electrons. The van der Waals surface area contributed by atoms with Crippen LogP contribution in [0.25, 0.3) is 21.2 Å². The van der Waals surface area contributed by atoms with Crippen molar-refractivity contribution in [2.24, 2.45) is 4.52 Å². The largest absolute Gasteiger partial charge is 0.429 e. The van der Waals surface area contributed by atoms with Gasteiger partial charge in [0.15, 0.2) is 0 Å². The van der Waals surface area contributed by atoms with Crippen molar-refractivity contribution in [2.45, 2.75) is 5.25 Å². The van der Waals surface area contributed by atoms with Gasteiger partial charge < -0.3 is 5.32 Å². The number of carbonyl (C=O) groups is 1. The summed E-state index contributed by atoms with van der Waals surface area (Å²) >= 11 is 0. The molecule has 0 fully saturated rings. The van der Waals surface area contributed by atoms with E-state index < -0.39 is 21.2 Å². The smallest absolute Gasteiger partial charge is 0.319 e. The number of benzene rings is 2. The molecule has 10 heteroatoms. The van der Waals surface area contributed by atoms with Crippen LogP contribution in [-0.4, -0.2) is 19.6 Å². The molecule has 0 heterocycles. The van der Waals surface area contributed by atoms with E-state index in [1.807, 2.05) is 9.84 Å². The van der Waals surface area contributed by atoms with Crippen molar-refractivity contribution in [3.8, 4) is 0 Å². The number of rotatable bonds is 4. The van der Waals surface area contributed by atoms with E-state index in [2.05, 4.69) is 0 Å². The summed E-state index contributed by atoms with van der Waals surface area (Å²) in [6.07, 6.45) is 0. The third kappa shape index (κ3) is 2.69. The molecule has 1 amide bonds. The van der Waals surface area contributed by atoms with E-state index in [1.54, 1.807) is 35.2 Å². The van der Waals surface area contributed by atoms with E-state index >= 15 is 0 Å². The molecule has 2 aromatic rings. The van der Waals surface area contributed by atoms with Gasteiger partial charge in [0.1, 0.15) is 0 Å². The highest BCUT2D eigenvalue weighted by molar-refractivity contribution is 7.91. The number of azide groups is 1. The summed E-state index contributed by atoms with van der Waals surface area (Å²) in [5.41, 5.74) is 8.01. The van der Waals surface area contributed by atoms with Gasteiger partial charge in [-0.25, -0.2) is 8.42 Å². The second-order valence-electron chi connectivity index (χ2n) is 4.14. The van der Waals surface area contributed by atoms with Crippen LogP contribution in [0.1, 0.15) is 0 Å². The lowest BCUT2D eigenvalue weighted by Gasteiger charge is -2.14. The topological polar surface area (TPSA) is 112 Å². The first-order chi connectivity index (χ1) is 10.3. The highest BCUT2D eigenvalue weighted by Crippen LogP contribution is 2.28. The normalized spacial score (nSPS) is 11.7. The quantitative estimate of drug-likeness (QED) is 0.529. The lowest BCUT2D eigenvalue weighted by atomic mass is 10.1. The van der Waals surface area contributed by atoms with Crippen molar-refractivity contribution in [3.05, 3.63) is 52.9 Å². The van der Waals surface area contributed by atoms with Crippen molar-refractivity contribution in [3.63, 3.8) is 0 Å². The minimum absolute atomic E-state index is 0.0129. The number of hydrogen-bond donors (Lipinski definition) is 1. The van der Waals surface area contributed by atoms with Crippen molar-refractivity contribution < 1.29 is 22.0 Å². The van der Waals surface area contributed by atoms with Crippen molar-refractivity contribution in [1.82, 2.24) is 0 Å². The Balaban J connectivity index is 2.41. The molecule has 114 valence electrons. The molecular weight excluding hydrogens is 318 g/mol. The second kappa shape index (κ2) is 5.58. The zero-order valence-electron chi connectivity index (χ0n) is 10.8. The molecular formula is C12H8F2N4O3S. The summed E-state index contributed by atoms with van der Waals surface area (Å²) in [6, 6.07) is 11.2. The predicted octanol–water partition coefficient (Wildman–Crippen LogP) is 3.01. The number of halogens is 2. The number of nitrogens with zero attached hydrogens (tertiary/aromatic N) is 3. The minimum atomic E-state index is -5.62. The molecule has 0 saturated heterocycles. The van der Waals surface area contributed by atoms with E-state index in [-0.39, 0.29) is 5.69 Å². The second-order valence-corrected chi connectivity index (χ2v) is 5.77. The molecule has 0 bridgehead atoms. The van der Waals surface area contributed by atoms with Crippen molar-refractivity contribution >= 4 is 32.4 Å². The Kier molecular flexibility index (Phi) is 3.98. The highest BCUT2D eigenvalue weighted by Gasteiger charge is 2.52. The summed E-state index contributed by atoms with van der Waals surface area (Å²) < 4.78 is 51.4. The predicted molar refractivity (Wildman–Crippen MR) is 75.6 cm³/mol. The standard InChI is InChI=1S/C12H8F2N4O3S/c13-12(14,22(20,21)18-17-15)11(19)16-10-7-3-5-8-4-1-2-6-9(8)10/h1-7H,(H,16,19).